The molecule has 2 bridgehead atoms. The van der Waals surface area contributed by atoms with Gasteiger partial charge < -0.3 is 4.74 Å². The van der Waals surface area contributed by atoms with Crippen LogP contribution in [0.5, 0.6) is 0 Å². The summed E-state index contributed by atoms with van der Waals surface area (Å²) in [6.07, 6.45) is 7.95. The van der Waals surface area contributed by atoms with Crippen molar-refractivity contribution in [1.82, 2.24) is 4.90 Å². The molecule has 0 aromatic heterocycles. The first kappa shape index (κ1) is 8.10. The first-order valence-electron chi connectivity index (χ1n) is 4.56. The van der Waals surface area contributed by atoms with Crippen molar-refractivity contribution in [2.45, 2.75) is 18.4 Å². The van der Waals surface area contributed by atoms with E-state index in [1.165, 1.54) is 25.9 Å². The minimum atomic E-state index is -0.267. The van der Waals surface area contributed by atoms with Gasteiger partial charge in [-0.1, -0.05) is 5.92 Å². The standard InChI is InChI=1S/C10H15NO/c1-3-10(12-2)8-11-6-4-9(10)5-7-11/h1,9H,4-8H2,2H3/t10-/m1/s1. The maximum Gasteiger partial charge on any atom is 0.143 e. The van der Waals surface area contributed by atoms with Gasteiger partial charge in [0.2, 0.25) is 0 Å². The van der Waals surface area contributed by atoms with Gasteiger partial charge in [-0.25, -0.2) is 0 Å². The fraction of sp³-hybridized carbons (Fsp3) is 0.800. The molecule has 0 aromatic carbocycles. The Morgan fingerprint density at radius 1 is 1.50 bits per heavy atom. The molecule has 0 unspecified atom stereocenters. The number of fused-ring (bicyclic) bond motifs is 3. The molecule has 0 aromatic rings. The third-order valence-electron chi connectivity index (χ3n) is 3.31. The smallest absolute Gasteiger partial charge is 0.143 e. The van der Waals surface area contributed by atoms with Crippen molar-refractivity contribution < 1.29 is 4.74 Å². The Balaban J connectivity index is 2.22. The summed E-state index contributed by atoms with van der Waals surface area (Å²) < 4.78 is 5.48. The Labute approximate surface area is 73.9 Å². The first-order chi connectivity index (χ1) is 5.80. The van der Waals surface area contributed by atoms with E-state index in [-0.39, 0.29) is 5.60 Å². The summed E-state index contributed by atoms with van der Waals surface area (Å²) in [5, 5.41) is 0. The van der Waals surface area contributed by atoms with E-state index in [0.29, 0.717) is 5.92 Å². The van der Waals surface area contributed by atoms with Crippen LogP contribution in [0.25, 0.3) is 0 Å². The topological polar surface area (TPSA) is 12.5 Å². The molecule has 12 heavy (non-hydrogen) atoms. The second-order valence-corrected chi connectivity index (χ2v) is 3.79. The number of hydrogen-bond acceptors (Lipinski definition) is 2. The van der Waals surface area contributed by atoms with Crippen LogP contribution in [0, 0.1) is 18.3 Å². The molecule has 0 spiro atoms. The predicted octanol–water partition coefficient (Wildman–Crippen LogP) is 0.730. The summed E-state index contributed by atoms with van der Waals surface area (Å²) in [6.45, 7) is 3.35. The van der Waals surface area contributed by atoms with Crippen LogP contribution in [0.2, 0.25) is 0 Å². The van der Waals surface area contributed by atoms with Crippen LogP contribution in [0.1, 0.15) is 12.8 Å². The lowest BCUT2D eigenvalue weighted by Gasteiger charge is -2.49. The third-order valence-corrected chi connectivity index (χ3v) is 3.31. The van der Waals surface area contributed by atoms with Crippen LogP contribution in [0.15, 0.2) is 0 Å². The number of terminal acetylenes is 1. The van der Waals surface area contributed by atoms with Crippen molar-refractivity contribution in [2.24, 2.45) is 5.92 Å². The lowest BCUT2D eigenvalue weighted by molar-refractivity contribution is -0.0960. The number of rotatable bonds is 1. The van der Waals surface area contributed by atoms with Crippen LogP contribution in [-0.4, -0.2) is 37.2 Å². The van der Waals surface area contributed by atoms with Gasteiger partial charge in [-0.3, -0.25) is 4.90 Å². The molecule has 0 saturated carbocycles. The highest BCUT2D eigenvalue weighted by Gasteiger charge is 2.45. The number of methoxy groups -OCH3 is 1. The molecule has 3 saturated heterocycles. The van der Waals surface area contributed by atoms with E-state index in [0.717, 1.165) is 6.54 Å². The first-order valence-corrected chi connectivity index (χ1v) is 4.56. The molecule has 0 amide bonds. The van der Waals surface area contributed by atoms with Gasteiger partial charge in [0.05, 0.1) is 0 Å². The fourth-order valence-corrected chi connectivity index (χ4v) is 2.47. The zero-order chi connectivity index (χ0) is 8.60. The Hall–Kier alpha value is -0.520. The van der Waals surface area contributed by atoms with E-state index >= 15 is 0 Å². The third kappa shape index (κ3) is 0.972. The summed E-state index contributed by atoms with van der Waals surface area (Å²) in [5.41, 5.74) is -0.267. The summed E-state index contributed by atoms with van der Waals surface area (Å²) in [6, 6.07) is 0. The number of piperidine rings is 3. The normalized spacial score (nSPS) is 45.7. The zero-order valence-electron chi connectivity index (χ0n) is 7.55. The van der Waals surface area contributed by atoms with Crippen molar-refractivity contribution in [1.29, 1.82) is 0 Å². The van der Waals surface area contributed by atoms with E-state index in [9.17, 15) is 0 Å². The molecule has 2 heteroatoms. The monoisotopic (exact) mass is 165 g/mol. The minimum Gasteiger partial charge on any atom is -0.364 e. The number of hydrogen-bond donors (Lipinski definition) is 0. The molecule has 3 rings (SSSR count). The molecule has 3 aliphatic heterocycles. The Kier molecular flexibility index (Phi) is 1.86. The fourth-order valence-electron chi connectivity index (χ4n) is 2.47. The van der Waals surface area contributed by atoms with Crippen molar-refractivity contribution in [3.05, 3.63) is 0 Å². The summed E-state index contributed by atoms with van der Waals surface area (Å²) in [4.78, 5) is 2.41. The lowest BCUT2D eigenvalue weighted by Crippen LogP contribution is -2.59. The molecular weight excluding hydrogens is 150 g/mol. The molecule has 66 valence electrons. The maximum absolute atomic E-state index is 5.53. The molecule has 0 aliphatic carbocycles. The Bertz CT molecular complexity index is 212. The lowest BCUT2D eigenvalue weighted by atomic mass is 9.76. The summed E-state index contributed by atoms with van der Waals surface area (Å²) in [7, 11) is 1.74. The molecule has 3 heterocycles. The van der Waals surface area contributed by atoms with Crippen LogP contribution >= 0.6 is 0 Å². The van der Waals surface area contributed by atoms with Crippen LogP contribution in [0.3, 0.4) is 0 Å². The van der Waals surface area contributed by atoms with Gasteiger partial charge in [-0.05, 0) is 25.9 Å². The SMILES string of the molecule is C#C[C@@]1(OC)CN2CCC1CC2. The van der Waals surface area contributed by atoms with Crippen LogP contribution in [0.4, 0.5) is 0 Å². The molecule has 0 N–H and O–H groups in total. The molecule has 3 aliphatic rings. The average molecular weight is 165 g/mol. The van der Waals surface area contributed by atoms with Crippen molar-refractivity contribution in [2.75, 3.05) is 26.7 Å². The number of ether oxygens (including phenoxy) is 1. The van der Waals surface area contributed by atoms with Gasteiger partial charge in [-0.2, -0.15) is 0 Å². The van der Waals surface area contributed by atoms with Crippen LogP contribution < -0.4 is 0 Å². The molecule has 0 radical (unpaired) electrons. The minimum absolute atomic E-state index is 0.267. The highest BCUT2D eigenvalue weighted by molar-refractivity contribution is 5.17. The van der Waals surface area contributed by atoms with Gasteiger partial charge in [0.25, 0.3) is 0 Å². The molecule has 3 fully saturated rings. The zero-order valence-corrected chi connectivity index (χ0v) is 7.55. The van der Waals surface area contributed by atoms with Gasteiger partial charge in [-0.15, -0.1) is 6.42 Å². The van der Waals surface area contributed by atoms with Gasteiger partial charge in [0.1, 0.15) is 5.60 Å². The second-order valence-electron chi connectivity index (χ2n) is 3.79. The largest absolute Gasteiger partial charge is 0.364 e. The molecule has 1 atom stereocenters. The molecule has 2 nitrogen and oxygen atoms in total. The van der Waals surface area contributed by atoms with E-state index in [2.05, 4.69) is 10.8 Å². The highest BCUT2D eigenvalue weighted by atomic mass is 16.5. The Morgan fingerprint density at radius 3 is 2.42 bits per heavy atom. The van der Waals surface area contributed by atoms with Gasteiger partial charge in [0.15, 0.2) is 0 Å². The average Bonchev–Trinajstić information content (AvgIpc) is 2.19. The van der Waals surface area contributed by atoms with E-state index in [1.807, 2.05) is 0 Å². The molecular formula is C10H15NO. The quantitative estimate of drug-likeness (QED) is 0.531. The second kappa shape index (κ2) is 2.76. The van der Waals surface area contributed by atoms with Crippen molar-refractivity contribution >= 4 is 0 Å². The van der Waals surface area contributed by atoms with E-state index in [1.54, 1.807) is 7.11 Å². The van der Waals surface area contributed by atoms with Gasteiger partial charge >= 0.3 is 0 Å². The summed E-state index contributed by atoms with van der Waals surface area (Å²) >= 11 is 0. The van der Waals surface area contributed by atoms with E-state index in [4.69, 9.17) is 11.2 Å². The highest BCUT2D eigenvalue weighted by Crippen LogP contribution is 2.37. The maximum atomic E-state index is 5.53. The number of nitrogens with zero attached hydrogens (tertiary/aromatic N) is 1. The van der Waals surface area contributed by atoms with Gasteiger partial charge in [0, 0.05) is 19.6 Å². The predicted molar refractivity (Wildman–Crippen MR) is 47.7 cm³/mol. The Morgan fingerprint density at radius 2 is 2.17 bits per heavy atom. The van der Waals surface area contributed by atoms with E-state index < -0.39 is 0 Å². The van der Waals surface area contributed by atoms with Crippen molar-refractivity contribution in [3.8, 4) is 12.3 Å². The summed E-state index contributed by atoms with van der Waals surface area (Å²) in [5.74, 6) is 3.43. The van der Waals surface area contributed by atoms with Crippen LogP contribution in [-0.2, 0) is 4.74 Å². The van der Waals surface area contributed by atoms with Crippen molar-refractivity contribution in [3.63, 3.8) is 0 Å².